The van der Waals surface area contributed by atoms with Crippen LogP contribution in [-0.2, 0) is 0 Å². The number of nitrogens with zero attached hydrogens (tertiary/aromatic N) is 4. The Hall–Kier alpha value is -6.85. The molecule has 3 heterocycles. The summed E-state index contributed by atoms with van der Waals surface area (Å²) in [6.07, 6.45) is 0. The molecule has 0 bridgehead atoms. The number of rotatable bonds is 5. The van der Waals surface area contributed by atoms with E-state index in [0.29, 0.717) is 22.5 Å². The van der Waals surface area contributed by atoms with E-state index in [1.54, 1.807) is 0 Å². The Morgan fingerprint density at radius 2 is 1.06 bits per heavy atom. The van der Waals surface area contributed by atoms with Gasteiger partial charge < -0.3 is 8.98 Å². The van der Waals surface area contributed by atoms with Crippen molar-refractivity contribution >= 4 is 43.7 Å². The van der Waals surface area contributed by atoms with E-state index in [9.17, 15) is 0 Å². The van der Waals surface area contributed by atoms with Gasteiger partial charge in [-0.3, -0.25) is 0 Å². The molecular weight excluding hydrogens is 613 g/mol. The molecule has 50 heavy (non-hydrogen) atoms. The van der Waals surface area contributed by atoms with Crippen molar-refractivity contribution < 1.29 is 11.3 Å². The number of hydrogen-bond donors (Lipinski definition) is 0. The second-order valence-corrected chi connectivity index (χ2v) is 12.1. The standard InChI is InChI=1S/C45H28N4O/c1-4-14-29(15-5-1)33-26-27-39(49-37-22-12-10-20-34(37)35-21-11-13-23-38(35)49)41-36-25-24-32(28-40(36)50-42(33)41)45-47-43(30-16-6-2-7-17-30)46-44(48-45)31-18-8-3-9-19-31/h1-28H/i2D,6D,7D,16D,17D. The second kappa shape index (κ2) is 11.4. The fourth-order valence-corrected chi connectivity index (χ4v) is 6.91. The third kappa shape index (κ3) is 4.52. The average molecular weight is 646 g/mol. The van der Waals surface area contributed by atoms with Gasteiger partial charge in [0.15, 0.2) is 17.5 Å². The maximum absolute atomic E-state index is 8.67. The van der Waals surface area contributed by atoms with E-state index < -0.39 is 18.1 Å². The normalized spacial score (nSPS) is 13.0. The number of benzene rings is 7. The molecule has 10 aromatic rings. The van der Waals surface area contributed by atoms with Gasteiger partial charge in [-0.05, 0) is 42.0 Å². The number of hydrogen-bond acceptors (Lipinski definition) is 4. The van der Waals surface area contributed by atoms with Crippen LogP contribution in [0.2, 0.25) is 0 Å². The quantitative estimate of drug-likeness (QED) is 0.187. The fourth-order valence-electron chi connectivity index (χ4n) is 6.91. The highest BCUT2D eigenvalue weighted by Crippen LogP contribution is 2.43. The molecule has 3 aromatic heterocycles. The van der Waals surface area contributed by atoms with Gasteiger partial charge in [-0.2, -0.15) is 0 Å². The molecule has 7 aromatic carbocycles. The second-order valence-electron chi connectivity index (χ2n) is 12.1. The number of para-hydroxylation sites is 2. The summed E-state index contributed by atoms with van der Waals surface area (Å²) >= 11 is 0. The molecule has 0 aliphatic rings. The van der Waals surface area contributed by atoms with Gasteiger partial charge in [-0.15, -0.1) is 0 Å². The predicted octanol–water partition coefficient (Wildman–Crippen LogP) is 11.5. The molecule has 0 aliphatic carbocycles. The first-order chi connectivity index (χ1) is 26.9. The maximum atomic E-state index is 8.67. The topological polar surface area (TPSA) is 56.7 Å². The lowest BCUT2D eigenvalue weighted by atomic mass is 10.0. The molecule has 0 atom stereocenters. The van der Waals surface area contributed by atoms with Gasteiger partial charge in [0.25, 0.3) is 0 Å². The van der Waals surface area contributed by atoms with Gasteiger partial charge in [-0.1, -0.05) is 133 Å². The van der Waals surface area contributed by atoms with Crippen LogP contribution in [0.3, 0.4) is 0 Å². The van der Waals surface area contributed by atoms with Gasteiger partial charge in [0.1, 0.15) is 11.2 Å². The molecule has 5 heteroatoms. The molecule has 0 aliphatic heterocycles. The van der Waals surface area contributed by atoms with Crippen molar-refractivity contribution in [3.05, 3.63) is 170 Å². The van der Waals surface area contributed by atoms with Gasteiger partial charge in [0.05, 0.1) is 29.0 Å². The lowest BCUT2D eigenvalue weighted by molar-refractivity contribution is 0.670. The van der Waals surface area contributed by atoms with E-state index >= 15 is 0 Å². The van der Waals surface area contributed by atoms with E-state index in [1.807, 2.05) is 66.7 Å². The Bertz CT molecular complexity index is 3080. The summed E-state index contributed by atoms with van der Waals surface area (Å²) in [7, 11) is 0. The minimum Gasteiger partial charge on any atom is -0.455 e. The van der Waals surface area contributed by atoms with Crippen molar-refractivity contribution in [3.63, 3.8) is 0 Å². The summed E-state index contributed by atoms with van der Waals surface area (Å²) in [6, 6.07) is 44.3. The Morgan fingerprint density at radius 3 is 1.74 bits per heavy atom. The Morgan fingerprint density at radius 1 is 0.480 bits per heavy atom. The van der Waals surface area contributed by atoms with Crippen LogP contribution < -0.4 is 0 Å². The zero-order valence-electron chi connectivity index (χ0n) is 31.5. The predicted molar refractivity (Wildman–Crippen MR) is 203 cm³/mol. The zero-order chi connectivity index (χ0) is 37.4. The highest BCUT2D eigenvalue weighted by Gasteiger charge is 2.21. The molecule has 0 unspecified atom stereocenters. The van der Waals surface area contributed by atoms with Crippen LogP contribution in [-0.4, -0.2) is 19.5 Å². The van der Waals surface area contributed by atoms with E-state index in [0.717, 1.165) is 55.0 Å². The molecule has 10 rings (SSSR count). The van der Waals surface area contributed by atoms with Crippen LogP contribution in [0.1, 0.15) is 6.85 Å². The monoisotopic (exact) mass is 645 g/mol. The lowest BCUT2D eigenvalue weighted by Gasteiger charge is -2.12. The van der Waals surface area contributed by atoms with Gasteiger partial charge in [0.2, 0.25) is 0 Å². The van der Waals surface area contributed by atoms with Gasteiger partial charge >= 0.3 is 0 Å². The molecule has 0 N–H and O–H groups in total. The van der Waals surface area contributed by atoms with Crippen LogP contribution in [0.5, 0.6) is 0 Å². The van der Waals surface area contributed by atoms with Gasteiger partial charge in [0, 0.05) is 38.4 Å². The zero-order valence-corrected chi connectivity index (χ0v) is 26.5. The highest BCUT2D eigenvalue weighted by atomic mass is 16.3. The minimum atomic E-state index is -0.484. The smallest absolute Gasteiger partial charge is 0.164 e. The first-order valence-corrected chi connectivity index (χ1v) is 16.3. The molecule has 0 saturated heterocycles. The number of aromatic nitrogens is 4. The van der Waals surface area contributed by atoms with E-state index in [1.165, 1.54) is 0 Å². The Labute approximate surface area is 294 Å². The molecule has 234 valence electrons. The maximum Gasteiger partial charge on any atom is 0.164 e. The van der Waals surface area contributed by atoms with Crippen LogP contribution in [0, 0.1) is 0 Å². The largest absolute Gasteiger partial charge is 0.455 e. The van der Waals surface area contributed by atoms with Crippen LogP contribution in [0.4, 0.5) is 0 Å². The Balaban J connectivity index is 1.24. The van der Waals surface area contributed by atoms with Crippen LogP contribution >= 0.6 is 0 Å². The van der Waals surface area contributed by atoms with Crippen molar-refractivity contribution in [2.75, 3.05) is 0 Å². The van der Waals surface area contributed by atoms with Crippen molar-refractivity contribution in [1.82, 2.24) is 19.5 Å². The van der Waals surface area contributed by atoms with Crippen molar-refractivity contribution in [2.45, 2.75) is 0 Å². The first-order valence-electron chi connectivity index (χ1n) is 18.8. The summed E-state index contributed by atoms with van der Waals surface area (Å²) < 4.78 is 51.2. The summed E-state index contributed by atoms with van der Waals surface area (Å²) in [5.74, 6) is 0.548. The van der Waals surface area contributed by atoms with Crippen LogP contribution in [0.15, 0.2) is 174 Å². The SMILES string of the molecule is [2H]c1c([2H])c([2H])c(-c2nc(-c3ccccc3)nc(-c3ccc4c(c3)oc3c(-c5ccccc5)ccc(-n5c6ccccc6c6ccccc65)c34)n2)c([2H])c1[2H]. The van der Waals surface area contributed by atoms with Crippen molar-refractivity contribution in [1.29, 1.82) is 0 Å². The summed E-state index contributed by atoms with van der Waals surface area (Å²) in [6.45, 7) is 0. The highest BCUT2D eigenvalue weighted by molar-refractivity contribution is 6.17. The van der Waals surface area contributed by atoms with E-state index in [2.05, 4.69) is 82.3 Å². The van der Waals surface area contributed by atoms with E-state index in [4.69, 9.17) is 21.2 Å². The number of furan rings is 1. The average Bonchev–Trinajstić information content (AvgIpc) is 3.79. The van der Waals surface area contributed by atoms with Crippen molar-refractivity contribution in [3.8, 4) is 51.0 Å². The van der Waals surface area contributed by atoms with Crippen molar-refractivity contribution in [2.24, 2.45) is 0 Å². The molecule has 0 amide bonds. The fraction of sp³-hybridized carbons (Fsp3) is 0. The van der Waals surface area contributed by atoms with Crippen LogP contribution in [0.25, 0.3) is 94.7 Å². The summed E-state index contributed by atoms with van der Waals surface area (Å²) in [4.78, 5) is 14.3. The molecule has 0 spiro atoms. The molecular formula is C45H28N4O. The third-order valence-corrected chi connectivity index (χ3v) is 9.15. The number of fused-ring (bicyclic) bond motifs is 6. The third-order valence-electron chi connectivity index (χ3n) is 9.15. The Kier molecular flexibility index (Phi) is 5.35. The van der Waals surface area contributed by atoms with E-state index in [-0.39, 0.29) is 29.3 Å². The van der Waals surface area contributed by atoms with Gasteiger partial charge in [-0.25, -0.2) is 15.0 Å². The molecule has 0 radical (unpaired) electrons. The lowest BCUT2D eigenvalue weighted by Crippen LogP contribution is -2.00. The summed E-state index contributed by atoms with van der Waals surface area (Å²) in [5, 5.41) is 4.17. The molecule has 5 nitrogen and oxygen atoms in total. The molecule has 0 fully saturated rings. The first kappa shape index (κ1) is 23.5. The molecule has 0 saturated carbocycles. The minimum absolute atomic E-state index is 0.0226. The summed E-state index contributed by atoms with van der Waals surface area (Å²) in [5.41, 5.74) is 7.68.